The first-order valence-corrected chi connectivity index (χ1v) is 5.92. The molecule has 2 heteroatoms. The minimum Gasteiger partial charge on any atom is -0.207 e. The van der Waals surface area contributed by atoms with E-state index >= 15 is 0 Å². The molecule has 0 saturated heterocycles. The highest BCUT2D eigenvalue weighted by Gasteiger charge is 2.08. The van der Waals surface area contributed by atoms with Crippen LogP contribution in [0.2, 0.25) is 0 Å². The number of rotatable bonds is 2. The van der Waals surface area contributed by atoms with Gasteiger partial charge in [0.2, 0.25) is 0 Å². The molecule has 18 heavy (non-hydrogen) atoms. The fraction of sp³-hybridized carbons (Fsp3) is 0.188. The minimum atomic E-state index is -0.320. The average Bonchev–Trinajstić information content (AvgIpc) is 2.39. The topological polar surface area (TPSA) is 23.8 Å². The molecule has 1 nitrogen and oxygen atoms in total. The molecule has 0 radical (unpaired) electrons. The first kappa shape index (κ1) is 12.3. The van der Waals surface area contributed by atoms with Gasteiger partial charge in [-0.1, -0.05) is 38.1 Å². The van der Waals surface area contributed by atoms with Gasteiger partial charge in [0.15, 0.2) is 0 Å². The second kappa shape index (κ2) is 5.01. The van der Waals surface area contributed by atoms with Gasteiger partial charge in [0.25, 0.3) is 0 Å². The Morgan fingerprint density at radius 2 is 1.89 bits per heavy atom. The van der Waals surface area contributed by atoms with Crippen LogP contribution in [0.4, 0.5) is 4.39 Å². The summed E-state index contributed by atoms with van der Waals surface area (Å²) in [7, 11) is 0. The minimum absolute atomic E-state index is 0.320. The van der Waals surface area contributed by atoms with Crippen LogP contribution in [0.3, 0.4) is 0 Å². The Bertz CT molecular complexity index is 609. The van der Waals surface area contributed by atoms with Gasteiger partial charge in [-0.05, 0) is 35.2 Å². The molecular formula is C16H14FN. The van der Waals surface area contributed by atoms with E-state index in [1.807, 2.05) is 24.3 Å². The van der Waals surface area contributed by atoms with E-state index < -0.39 is 0 Å². The third-order valence-corrected chi connectivity index (χ3v) is 2.97. The van der Waals surface area contributed by atoms with Crippen molar-refractivity contribution in [2.24, 2.45) is 0 Å². The van der Waals surface area contributed by atoms with Crippen LogP contribution in [0.1, 0.15) is 30.9 Å². The van der Waals surface area contributed by atoms with E-state index in [2.05, 4.69) is 19.9 Å². The largest absolute Gasteiger partial charge is 0.207 e. The van der Waals surface area contributed by atoms with Gasteiger partial charge in [-0.3, -0.25) is 0 Å². The Morgan fingerprint density at radius 3 is 2.56 bits per heavy atom. The summed E-state index contributed by atoms with van der Waals surface area (Å²) >= 11 is 0. The van der Waals surface area contributed by atoms with E-state index in [1.54, 1.807) is 0 Å². The number of halogens is 1. The van der Waals surface area contributed by atoms with Crippen molar-refractivity contribution in [2.75, 3.05) is 0 Å². The SMILES string of the molecule is CC(C)c1cccc(-c2cc(F)ccc2C#N)c1. The predicted molar refractivity (Wildman–Crippen MR) is 70.6 cm³/mol. The zero-order valence-corrected chi connectivity index (χ0v) is 10.4. The fourth-order valence-electron chi connectivity index (χ4n) is 1.92. The highest BCUT2D eigenvalue weighted by atomic mass is 19.1. The normalized spacial score (nSPS) is 10.4. The molecule has 2 aromatic carbocycles. The maximum absolute atomic E-state index is 13.3. The van der Waals surface area contributed by atoms with Gasteiger partial charge < -0.3 is 0 Å². The number of hydrogen-bond donors (Lipinski definition) is 0. The Morgan fingerprint density at radius 1 is 1.11 bits per heavy atom. The Balaban J connectivity index is 2.58. The summed E-state index contributed by atoms with van der Waals surface area (Å²) in [6.07, 6.45) is 0. The van der Waals surface area contributed by atoms with Gasteiger partial charge in [0.05, 0.1) is 11.6 Å². The highest BCUT2D eigenvalue weighted by molar-refractivity contribution is 5.71. The third-order valence-electron chi connectivity index (χ3n) is 2.97. The van der Waals surface area contributed by atoms with E-state index in [4.69, 9.17) is 5.26 Å². The van der Waals surface area contributed by atoms with Gasteiger partial charge in [0.1, 0.15) is 5.82 Å². The van der Waals surface area contributed by atoms with E-state index in [0.717, 1.165) is 5.56 Å². The first-order chi connectivity index (χ1) is 8.61. The van der Waals surface area contributed by atoms with Crippen LogP contribution in [0, 0.1) is 17.1 Å². The molecule has 0 heterocycles. The Labute approximate surface area is 107 Å². The summed E-state index contributed by atoms with van der Waals surface area (Å²) in [4.78, 5) is 0. The molecule has 0 aliphatic rings. The predicted octanol–water partition coefficient (Wildman–Crippen LogP) is 4.49. The summed E-state index contributed by atoms with van der Waals surface area (Å²) in [6.45, 7) is 4.21. The molecular weight excluding hydrogens is 225 g/mol. The van der Waals surface area contributed by atoms with Crippen LogP contribution in [-0.2, 0) is 0 Å². The van der Waals surface area contributed by atoms with Crippen molar-refractivity contribution in [3.8, 4) is 17.2 Å². The quantitative estimate of drug-likeness (QED) is 0.757. The van der Waals surface area contributed by atoms with Gasteiger partial charge >= 0.3 is 0 Å². The molecule has 0 atom stereocenters. The number of hydrogen-bond acceptors (Lipinski definition) is 1. The lowest BCUT2D eigenvalue weighted by Crippen LogP contribution is -1.90. The zero-order valence-electron chi connectivity index (χ0n) is 10.4. The Hall–Kier alpha value is -2.14. The molecule has 0 aromatic heterocycles. The van der Waals surface area contributed by atoms with Gasteiger partial charge in [-0.25, -0.2) is 4.39 Å². The highest BCUT2D eigenvalue weighted by Crippen LogP contribution is 2.27. The van der Waals surface area contributed by atoms with E-state index in [0.29, 0.717) is 17.0 Å². The zero-order chi connectivity index (χ0) is 13.1. The Kier molecular flexibility index (Phi) is 3.43. The van der Waals surface area contributed by atoms with Gasteiger partial charge in [-0.2, -0.15) is 5.26 Å². The molecule has 2 aromatic rings. The van der Waals surface area contributed by atoms with Gasteiger partial charge in [-0.15, -0.1) is 0 Å². The molecule has 90 valence electrons. The molecule has 0 amide bonds. The molecule has 0 aliphatic heterocycles. The summed E-state index contributed by atoms with van der Waals surface area (Å²) in [5.74, 6) is 0.0861. The number of benzene rings is 2. The van der Waals surface area contributed by atoms with Crippen molar-refractivity contribution >= 4 is 0 Å². The van der Waals surface area contributed by atoms with Crippen LogP contribution in [0.5, 0.6) is 0 Å². The van der Waals surface area contributed by atoms with E-state index in [1.165, 1.54) is 23.8 Å². The lowest BCUT2D eigenvalue weighted by molar-refractivity contribution is 0.628. The van der Waals surface area contributed by atoms with Crippen LogP contribution in [0.15, 0.2) is 42.5 Å². The lowest BCUT2D eigenvalue weighted by Gasteiger charge is -2.09. The van der Waals surface area contributed by atoms with Crippen molar-refractivity contribution in [1.29, 1.82) is 5.26 Å². The molecule has 0 fully saturated rings. The average molecular weight is 239 g/mol. The van der Waals surface area contributed by atoms with Crippen LogP contribution >= 0.6 is 0 Å². The fourth-order valence-corrected chi connectivity index (χ4v) is 1.92. The van der Waals surface area contributed by atoms with Crippen molar-refractivity contribution in [3.63, 3.8) is 0 Å². The molecule has 0 N–H and O–H groups in total. The van der Waals surface area contributed by atoms with Crippen LogP contribution in [-0.4, -0.2) is 0 Å². The van der Waals surface area contributed by atoms with E-state index in [-0.39, 0.29) is 5.82 Å². The smallest absolute Gasteiger partial charge is 0.123 e. The second-order valence-corrected chi connectivity index (χ2v) is 4.58. The molecule has 0 aliphatic carbocycles. The molecule has 2 rings (SSSR count). The van der Waals surface area contributed by atoms with Crippen molar-refractivity contribution in [3.05, 3.63) is 59.4 Å². The van der Waals surface area contributed by atoms with Gasteiger partial charge in [0, 0.05) is 5.56 Å². The van der Waals surface area contributed by atoms with Crippen molar-refractivity contribution in [1.82, 2.24) is 0 Å². The summed E-state index contributed by atoms with van der Waals surface area (Å²) in [6, 6.07) is 14.3. The monoisotopic (exact) mass is 239 g/mol. The number of nitriles is 1. The molecule has 0 unspecified atom stereocenters. The molecule has 0 spiro atoms. The van der Waals surface area contributed by atoms with Crippen molar-refractivity contribution < 1.29 is 4.39 Å². The lowest BCUT2D eigenvalue weighted by atomic mass is 9.95. The maximum atomic E-state index is 13.3. The van der Waals surface area contributed by atoms with Crippen LogP contribution in [0.25, 0.3) is 11.1 Å². The first-order valence-electron chi connectivity index (χ1n) is 5.92. The maximum Gasteiger partial charge on any atom is 0.123 e. The number of nitrogens with zero attached hydrogens (tertiary/aromatic N) is 1. The van der Waals surface area contributed by atoms with E-state index in [9.17, 15) is 4.39 Å². The summed E-state index contributed by atoms with van der Waals surface area (Å²) in [5.41, 5.74) is 3.22. The molecule has 0 bridgehead atoms. The standard InChI is InChI=1S/C16H14FN/c1-11(2)12-4-3-5-13(8-12)16-9-15(17)7-6-14(16)10-18/h3-9,11H,1-2H3. The summed E-state index contributed by atoms with van der Waals surface area (Å²) in [5, 5.41) is 9.08. The molecule has 0 saturated carbocycles. The summed E-state index contributed by atoms with van der Waals surface area (Å²) < 4.78 is 13.3. The third kappa shape index (κ3) is 2.41. The second-order valence-electron chi connectivity index (χ2n) is 4.58. The van der Waals surface area contributed by atoms with Crippen LogP contribution < -0.4 is 0 Å². The van der Waals surface area contributed by atoms with Crippen molar-refractivity contribution in [2.45, 2.75) is 19.8 Å².